The fourth-order valence-electron chi connectivity index (χ4n) is 1.27. The molecule has 0 saturated heterocycles. The van der Waals surface area contributed by atoms with E-state index in [4.69, 9.17) is 11.6 Å². The zero-order chi connectivity index (χ0) is 9.97. The van der Waals surface area contributed by atoms with Crippen LogP contribution >= 0.6 is 11.6 Å². The molecule has 1 aromatic heterocycles. The lowest BCUT2D eigenvalue weighted by molar-refractivity contribution is -0.602. The number of benzene rings is 1. The highest BCUT2D eigenvalue weighted by molar-refractivity contribution is 6.28. The second-order valence-electron chi connectivity index (χ2n) is 2.93. The minimum atomic E-state index is 0.186. The smallest absolute Gasteiger partial charge is 0.286 e. The molecule has 0 saturated carbocycles. The average Bonchev–Trinajstić information content (AvgIpc) is 2.23. The molecular formula is C11H8ClNO. The molecule has 0 radical (unpaired) electrons. The van der Waals surface area contributed by atoms with E-state index in [0.29, 0.717) is 4.73 Å². The Balaban J connectivity index is 2.48. The van der Waals surface area contributed by atoms with Gasteiger partial charge in [0.05, 0.1) is 0 Å². The van der Waals surface area contributed by atoms with Gasteiger partial charge in [0.1, 0.15) is 0 Å². The molecule has 1 aromatic carbocycles. The van der Waals surface area contributed by atoms with E-state index in [1.54, 1.807) is 12.1 Å². The molecule has 0 aliphatic carbocycles. The second kappa shape index (κ2) is 3.68. The summed E-state index contributed by atoms with van der Waals surface area (Å²) in [5.41, 5.74) is 2.00. The van der Waals surface area contributed by atoms with Crippen LogP contribution in [0.2, 0.25) is 5.15 Å². The summed E-state index contributed by atoms with van der Waals surface area (Å²) < 4.78 is 0.633. The second-order valence-corrected chi connectivity index (χ2v) is 3.32. The van der Waals surface area contributed by atoms with Gasteiger partial charge in [0.25, 0.3) is 5.15 Å². The highest BCUT2D eigenvalue weighted by Gasteiger charge is 2.03. The van der Waals surface area contributed by atoms with Crippen molar-refractivity contribution in [2.75, 3.05) is 0 Å². The molecule has 0 fully saturated rings. The van der Waals surface area contributed by atoms with E-state index >= 15 is 0 Å². The number of aromatic nitrogens is 1. The van der Waals surface area contributed by atoms with Gasteiger partial charge in [0.2, 0.25) is 0 Å². The quantitative estimate of drug-likeness (QED) is 0.400. The van der Waals surface area contributed by atoms with Gasteiger partial charge in [0, 0.05) is 12.1 Å². The zero-order valence-electron chi connectivity index (χ0n) is 7.35. The molecule has 0 bridgehead atoms. The molecule has 3 heteroatoms. The number of rotatable bonds is 1. The Labute approximate surface area is 87.0 Å². The van der Waals surface area contributed by atoms with Crippen LogP contribution in [0.25, 0.3) is 11.1 Å². The van der Waals surface area contributed by atoms with Crippen molar-refractivity contribution >= 4 is 11.6 Å². The lowest BCUT2D eigenvalue weighted by Crippen LogP contribution is -2.26. The molecule has 70 valence electrons. The average molecular weight is 206 g/mol. The summed E-state index contributed by atoms with van der Waals surface area (Å²) in [6, 6.07) is 13.2. The summed E-state index contributed by atoms with van der Waals surface area (Å²) in [6.45, 7) is 0. The summed E-state index contributed by atoms with van der Waals surface area (Å²) in [5.74, 6) is 0. The highest BCUT2D eigenvalue weighted by atomic mass is 35.5. The predicted molar refractivity (Wildman–Crippen MR) is 55.8 cm³/mol. The summed E-state index contributed by atoms with van der Waals surface area (Å²) in [5, 5.41) is 11.2. The van der Waals surface area contributed by atoms with Crippen LogP contribution in [0.5, 0.6) is 0 Å². The first-order valence-electron chi connectivity index (χ1n) is 4.21. The SMILES string of the molecule is [O-][n+]1ccc(-c2ccccc2)cc1Cl. The van der Waals surface area contributed by atoms with Gasteiger partial charge in [-0.25, -0.2) is 0 Å². The van der Waals surface area contributed by atoms with Gasteiger partial charge >= 0.3 is 0 Å². The maximum Gasteiger partial charge on any atom is 0.286 e. The Bertz CT molecular complexity index is 442. The van der Waals surface area contributed by atoms with Crippen LogP contribution in [0.1, 0.15) is 0 Å². The number of pyridine rings is 1. The van der Waals surface area contributed by atoms with Crippen molar-refractivity contribution in [2.45, 2.75) is 0 Å². The van der Waals surface area contributed by atoms with Crippen molar-refractivity contribution < 1.29 is 4.73 Å². The Morgan fingerprint density at radius 1 is 1.00 bits per heavy atom. The molecule has 0 atom stereocenters. The molecule has 0 aliphatic rings. The molecule has 2 nitrogen and oxygen atoms in total. The van der Waals surface area contributed by atoms with Crippen molar-refractivity contribution in [1.29, 1.82) is 0 Å². The Morgan fingerprint density at radius 3 is 2.36 bits per heavy atom. The third-order valence-electron chi connectivity index (χ3n) is 1.98. The maximum absolute atomic E-state index is 11.0. The van der Waals surface area contributed by atoms with Crippen LogP contribution in [-0.2, 0) is 0 Å². The van der Waals surface area contributed by atoms with E-state index in [9.17, 15) is 5.21 Å². The van der Waals surface area contributed by atoms with Gasteiger partial charge in [-0.1, -0.05) is 30.3 Å². The van der Waals surface area contributed by atoms with E-state index < -0.39 is 0 Å². The predicted octanol–water partition coefficient (Wildman–Crippen LogP) is 2.64. The molecule has 0 unspecified atom stereocenters. The number of hydrogen-bond donors (Lipinski definition) is 0. The highest BCUT2D eigenvalue weighted by Crippen LogP contribution is 2.19. The fraction of sp³-hybridized carbons (Fsp3) is 0. The number of halogens is 1. The van der Waals surface area contributed by atoms with Gasteiger partial charge in [-0.05, 0) is 22.7 Å². The Hall–Kier alpha value is -1.54. The third-order valence-corrected chi connectivity index (χ3v) is 2.26. The lowest BCUT2D eigenvalue weighted by Gasteiger charge is -2.02. The first-order chi connectivity index (χ1) is 6.77. The van der Waals surface area contributed by atoms with Crippen LogP contribution in [0.3, 0.4) is 0 Å². The number of nitrogens with zero attached hydrogens (tertiary/aromatic N) is 1. The minimum Gasteiger partial charge on any atom is -0.618 e. The van der Waals surface area contributed by atoms with E-state index in [0.717, 1.165) is 11.1 Å². The van der Waals surface area contributed by atoms with Gasteiger partial charge in [-0.2, -0.15) is 4.73 Å². The summed E-state index contributed by atoms with van der Waals surface area (Å²) in [6.07, 6.45) is 1.41. The van der Waals surface area contributed by atoms with E-state index in [2.05, 4.69) is 0 Å². The molecule has 14 heavy (non-hydrogen) atoms. The fourth-order valence-corrected chi connectivity index (χ4v) is 1.44. The van der Waals surface area contributed by atoms with Gasteiger partial charge in [-0.15, -0.1) is 0 Å². The molecule has 0 N–H and O–H groups in total. The van der Waals surface area contributed by atoms with Crippen LogP contribution < -0.4 is 4.73 Å². The van der Waals surface area contributed by atoms with Crippen LogP contribution in [0, 0.1) is 5.21 Å². The molecule has 1 heterocycles. The van der Waals surface area contributed by atoms with E-state index in [1.165, 1.54) is 6.20 Å². The van der Waals surface area contributed by atoms with E-state index in [1.807, 2.05) is 30.3 Å². The van der Waals surface area contributed by atoms with Crippen molar-refractivity contribution in [3.05, 3.63) is 59.0 Å². The van der Waals surface area contributed by atoms with Crippen LogP contribution in [-0.4, -0.2) is 0 Å². The monoisotopic (exact) mass is 205 g/mol. The normalized spacial score (nSPS) is 10.1. The summed E-state index contributed by atoms with van der Waals surface area (Å²) in [7, 11) is 0. The number of hydrogen-bond acceptors (Lipinski definition) is 1. The van der Waals surface area contributed by atoms with Crippen molar-refractivity contribution in [3.8, 4) is 11.1 Å². The van der Waals surface area contributed by atoms with Crippen molar-refractivity contribution in [3.63, 3.8) is 0 Å². The zero-order valence-corrected chi connectivity index (χ0v) is 8.11. The van der Waals surface area contributed by atoms with Crippen LogP contribution in [0.15, 0.2) is 48.7 Å². The Kier molecular flexibility index (Phi) is 2.37. The topological polar surface area (TPSA) is 26.9 Å². The van der Waals surface area contributed by atoms with Crippen molar-refractivity contribution in [1.82, 2.24) is 0 Å². The first-order valence-corrected chi connectivity index (χ1v) is 4.59. The van der Waals surface area contributed by atoms with Crippen LogP contribution in [0.4, 0.5) is 0 Å². The van der Waals surface area contributed by atoms with Gasteiger partial charge in [-0.3, -0.25) is 0 Å². The summed E-state index contributed by atoms with van der Waals surface area (Å²) >= 11 is 5.71. The molecule has 0 aliphatic heterocycles. The Morgan fingerprint density at radius 2 is 1.71 bits per heavy atom. The van der Waals surface area contributed by atoms with E-state index in [-0.39, 0.29) is 5.15 Å². The van der Waals surface area contributed by atoms with Gasteiger partial charge < -0.3 is 5.21 Å². The maximum atomic E-state index is 11.0. The minimum absolute atomic E-state index is 0.186. The molecular weight excluding hydrogens is 198 g/mol. The standard InChI is InChI=1S/C11H8ClNO/c12-11-8-10(6-7-13(11)14)9-4-2-1-3-5-9/h1-8H. The molecule has 0 spiro atoms. The lowest BCUT2D eigenvalue weighted by atomic mass is 10.1. The molecule has 2 aromatic rings. The molecule has 2 rings (SSSR count). The largest absolute Gasteiger partial charge is 0.618 e. The summed E-state index contributed by atoms with van der Waals surface area (Å²) in [4.78, 5) is 0. The third kappa shape index (κ3) is 1.70. The first kappa shape index (κ1) is 9.03. The van der Waals surface area contributed by atoms with Gasteiger partial charge in [0.15, 0.2) is 6.20 Å². The molecule has 0 amide bonds. The van der Waals surface area contributed by atoms with Crippen molar-refractivity contribution in [2.24, 2.45) is 0 Å².